The van der Waals surface area contributed by atoms with Crippen molar-refractivity contribution >= 4 is 33.3 Å². The molecule has 0 atom stereocenters. The molecule has 0 saturated heterocycles. The van der Waals surface area contributed by atoms with Crippen LogP contribution in [-0.2, 0) is 12.8 Å². The highest BCUT2D eigenvalue weighted by Crippen LogP contribution is 2.40. The van der Waals surface area contributed by atoms with Crippen molar-refractivity contribution in [1.29, 1.82) is 0 Å². The molecule has 1 saturated carbocycles. The molecule has 0 radical (unpaired) electrons. The molecule has 2 aromatic heterocycles. The van der Waals surface area contributed by atoms with Crippen molar-refractivity contribution in [1.82, 2.24) is 15.3 Å². The molecule has 0 spiro atoms. The Labute approximate surface area is 134 Å². The summed E-state index contributed by atoms with van der Waals surface area (Å²) in [5.74, 6) is 1.36. The van der Waals surface area contributed by atoms with Crippen molar-refractivity contribution < 1.29 is 0 Å². The van der Waals surface area contributed by atoms with E-state index < -0.39 is 0 Å². The van der Waals surface area contributed by atoms with Crippen LogP contribution in [0, 0.1) is 0 Å². The normalized spacial score (nSPS) is 24.6. The van der Waals surface area contributed by atoms with Gasteiger partial charge in [0.05, 0.1) is 5.39 Å². The topological polar surface area (TPSA) is 75.9 Å². The number of nitrogens with one attached hydrogen (secondary N) is 2. The Morgan fingerprint density at radius 3 is 2.64 bits per heavy atom. The van der Waals surface area contributed by atoms with E-state index in [1.54, 1.807) is 11.3 Å². The van der Waals surface area contributed by atoms with Crippen LogP contribution in [0.2, 0.25) is 0 Å². The number of anilines is 2. The van der Waals surface area contributed by atoms with Crippen LogP contribution in [-0.4, -0.2) is 29.1 Å². The number of rotatable bonds is 3. The number of aryl methyl sites for hydroxylation is 2. The highest BCUT2D eigenvalue weighted by molar-refractivity contribution is 7.19. The van der Waals surface area contributed by atoms with Crippen molar-refractivity contribution in [2.24, 2.45) is 0 Å². The first-order valence-electron chi connectivity index (χ1n) is 8.26. The SMILES string of the molecule is CNC1CCC(Nc2nc(N)nc3sc4c(c23)CCC4)CC1. The number of hydrogen-bond donors (Lipinski definition) is 3. The molecule has 118 valence electrons. The summed E-state index contributed by atoms with van der Waals surface area (Å²) in [6.07, 6.45) is 8.41. The van der Waals surface area contributed by atoms with Gasteiger partial charge in [-0.3, -0.25) is 0 Å². The number of nitrogens with zero attached hydrogens (tertiary/aromatic N) is 2. The zero-order chi connectivity index (χ0) is 15.1. The summed E-state index contributed by atoms with van der Waals surface area (Å²) in [4.78, 5) is 11.5. The fourth-order valence-corrected chi connectivity index (χ4v) is 5.10. The lowest BCUT2D eigenvalue weighted by atomic mass is 9.91. The van der Waals surface area contributed by atoms with Gasteiger partial charge in [-0.05, 0) is 57.6 Å². The van der Waals surface area contributed by atoms with Gasteiger partial charge in [0.25, 0.3) is 0 Å². The van der Waals surface area contributed by atoms with Gasteiger partial charge in [-0.25, -0.2) is 4.98 Å². The molecule has 0 aliphatic heterocycles. The van der Waals surface area contributed by atoms with Crippen molar-refractivity contribution in [3.8, 4) is 0 Å². The fraction of sp³-hybridized carbons (Fsp3) is 0.625. The third-order valence-corrected chi connectivity index (χ3v) is 6.24. The second-order valence-corrected chi connectivity index (χ2v) is 7.53. The second kappa shape index (κ2) is 5.66. The smallest absolute Gasteiger partial charge is 0.223 e. The van der Waals surface area contributed by atoms with Crippen LogP contribution in [0.4, 0.5) is 11.8 Å². The van der Waals surface area contributed by atoms with Gasteiger partial charge in [0.15, 0.2) is 0 Å². The molecule has 5 nitrogen and oxygen atoms in total. The second-order valence-electron chi connectivity index (χ2n) is 6.45. The van der Waals surface area contributed by atoms with E-state index in [2.05, 4.69) is 27.6 Å². The molecular weight excluding hydrogens is 294 g/mol. The number of nitrogen functional groups attached to an aromatic ring is 1. The molecule has 4 N–H and O–H groups in total. The van der Waals surface area contributed by atoms with E-state index in [1.807, 2.05) is 0 Å². The number of hydrogen-bond acceptors (Lipinski definition) is 6. The molecule has 6 heteroatoms. The Balaban J connectivity index is 1.64. The molecule has 2 aliphatic carbocycles. The van der Waals surface area contributed by atoms with Gasteiger partial charge in [0.2, 0.25) is 5.95 Å². The molecule has 0 unspecified atom stereocenters. The average molecular weight is 317 g/mol. The van der Waals surface area contributed by atoms with Gasteiger partial charge in [0.1, 0.15) is 10.6 Å². The van der Waals surface area contributed by atoms with Crippen molar-refractivity contribution in [3.63, 3.8) is 0 Å². The minimum Gasteiger partial charge on any atom is -0.368 e. The number of aromatic nitrogens is 2. The lowest BCUT2D eigenvalue weighted by Crippen LogP contribution is -2.35. The van der Waals surface area contributed by atoms with E-state index in [1.165, 1.54) is 54.4 Å². The van der Waals surface area contributed by atoms with Crippen molar-refractivity contribution in [3.05, 3.63) is 10.4 Å². The van der Waals surface area contributed by atoms with Crippen LogP contribution in [0.15, 0.2) is 0 Å². The summed E-state index contributed by atoms with van der Waals surface area (Å²) in [5.41, 5.74) is 7.39. The van der Waals surface area contributed by atoms with Crippen LogP contribution in [0.5, 0.6) is 0 Å². The third kappa shape index (κ3) is 2.44. The predicted octanol–water partition coefficient (Wildman–Crippen LogP) is 2.70. The zero-order valence-corrected chi connectivity index (χ0v) is 13.8. The number of nitrogens with two attached hydrogens (primary N) is 1. The van der Waals surface area contributed by atoms with Gasteiger partial charge in [-0.15, -0.1) is 11.3 Å². The standard InChI is InChI=1S/C16H23N5S/c1-18-9-5-7-10(8-6-9)19-14-13-11-3-2-4-12(11)22-15(13)21-16(17)20-14/h9-10,18H,2-8H2,1H3,(H3,17,19,20,21). The molecular formula is C16H23N5S. The maximum Gasteiger partial charge on any atom is 0.223 e. The highest BCUT2D eigenvalue weighted by Gasteiger charge is 2.25. The van der Waals surface area contributed by atoms with E-state index in [-0.39, 0.29) is 0 Å². The van der Waals surface area contributed by atoms with Crippen LogP contribution < -0.4 is 16.4 Å². The Morgan fingerprint density at radius 1 is 1.09 bits per heavy atom. The Bertz CT molecular complexity index is 687. The first-order valence-corrected chi connectivity index (χ1v) is 9.08. The summed E-state index contributed by atoms with van der Waals surface area (Å²) in [5, 5.41) is 8.30. The minimum atomic E-state index is 0.388. The lowest BCUT2D eigenvalue weighted by Gasteiger charge is -2.29. The summed E-state index contributed by atoms with van der Waals surface area (Å²) >= 11 is 1.80. The maximum absolute atomic E-state index is 5.93. The maximum atomic E-state index is 5.93. The summed E-state index contributed by atoms with van der Waals surface area (Å²) in [7, 11) is 2.06. The van der Waals surface area contributed by atoms with Gasteiger partial charge in [0, 0.05) is 17.0 Å². The fourth-order valence-electron chi connectivity index (χ4n) is 3.84. The van der Waals surface area contributed by atoms with Gasteiger partial charge in [-0.2, -0.15) is 4.98 Å². The average Bonchev–Trinajstić information content (AvgIpc) is 3.08. The summed E-state index contributed by atoms with van der Waals surface area (Å²) < 4.78 is 0. The molecule has 22 heavy (non-hydrogen) atoms. The molecule has 2 aromatic rings. The molecule has 4 rings (SSSR count). The van der Waals surface area contributed by atoms with Crippen LogP contribution >= 0.6 is 11.3 Å². The molecule has 2 aliphatic rings. The monoisotopic (exact) mass is 317 g/mol. The van der Waals surface area contributed by atoms with Crippen LogP contribution in [0.3, 0.4) is 0 Å². The quantitative estimate of drug-likeness (QED) is 0.811. The summed E-state index contributed by atoms with van der Waals surface area (Å²) in [6.45, 7) is 0. The van der Waals surface area contributed by atoms with E-state index in [0.29, 0.717) is 18.0 Å². The molecule has 0 aromatic carbocycles. The Kier molecular flexibility index (Phi) is 3.66. The van der Waals surface area contributed by atoms with Gasteiger partial charge in [-0.1, -0.05) is 0 Å². The third-order valence-electron chi connectivity index (χ3n) is 5.06. The largest absolute Gasteiger partial charge is 0.368 e. The van der Waals surface area contributed by atoms with E-state index >= 15 is 0 Å². The number of thiophene rings is 1. The van der Waals surface area contributed by atoms with E-state index in [4.69, 9.17) is 5.73 Å². The van der Waals surface area contributed by atoms with Gasteiger partial charge < -0.3 is 16.4 Å². The summed E-state index contributed by atoms with van der Waals surface area (Å²) in [6, 6.07) is 1.16. The molecule has 1 fully saturated rings. The van der Waals surface area contributed by atoms with Crippen LogP contribution in [0.1, 0.15) is 42.5 Å². The first kappa shape index (κ1) is 14.2. The lowest BCUT2D eigenvalue weighted by molar-refractivity contribution is 0.371. The first-order chi connectivity index (χ1) is 10.7. The van der Waals surface area contributed by atoms with Crippen molar-refractivity contribution in [2.75, 3.05) is 18.1 Å². The molecule has 0 amide bonds. The van der Waals surface area contributed by atoms with Gasteiger partial charge >= 0.3 is 0 Å². The van der Waals surface area contributed by atoms with Crippen molar-refractivity contribution in [2.45, 2.75) is 57.0 Å². The number of fused-ring (bicyclic) bond motifs is 3. The Hall–Kier alpha value is -1.40. The highest BCUT2D eigenvalue weighted by atomic mass is 32.1. The molecule has 0 bridgehead atoms. The zero-order valence-electron chi connectivity index (χ0n) is 13.0. The van der Waals surface area contributed by atoms with E-state index in [9.17, 15) is 0 Å². The minimum absolute atomic E-state index is 0.388. The predicted molar refractivity (Wildman–Crippen MR) is 92.6 cm³/mol. The Morgan fingerprint density at radius 2 is 1.86 bits per heavy atom. The van der Waals surface area contributed by atoms with E-state index in [0.717, 1.165) is 17.1 Å². The van der Waals surface area contributed by atoms with Crippen LogP contribution in [0.25, 0.3) is 10.2 Å². The molecule has 2 heterocycles.